The molecule has 38 heavy (non-hydrogen) atoms. The number of amides is 2. The highest BCUT2D eigenvalue weighted by atomic mass is 79.9. The van der Waals surface area contributed by atoms with Crippen LogP contribution in [0.1, 0.15) is 26.3 Å². The fourth-order valence-corrected chi connectivity index (χ4v) is 5.73. The lowest BCUT2D eigenvalue weighted by atomic mass is 10.1. The Morgan fingerprint density at radius 3 is 2.24 bits per heavy atom. The van der Waals surface area contributed by atoms with Gasteiger partial charge in [0.05, 0.1) is 10.6 Å². The number of carbonyl (C=O) groups is 2. The van der Waals surface area contributed by atoms with Crippen LogP contribution in [-0.2, 0) is 26.2 Å². The van der Waals surface area contributed by atoms with Crippen molar-refractivity contribution >= 4 is 55.1 Å². The minimum absolute atomic E-state index is 0.0342. The summed E-state index contributed by atoms with van der Waals surface area (Å²) in [4.78, 5) is 28.3. The molecule has 10 heteroatoms. The van der Waals surface area contributed by atoms with Gasteiger partial charge < -0.3 is 10.2 Å². The molecule has 202 valence electrons. The first-order chi connectivity index (χ1) is 18.0. The summed E-state index contributed by atoms with van der Waals surface area (Å²) in [6, 6.07) is 20.8. The van der Waals surface area contributed by atoms with Gasteiger partial charge in [0.15, 0.2) is 0 Å². The number of carbonyl (C=O) groups excluding carboxylic acids is 2. The monoisotopic (exact) mass is 619 g/mol. The van der Waals surface area contributed by atoms with Gasteiger partial charge in [0.2, 0.25) is 11.8 Å². The van der Waals surface area contributed by atoms with Crippen molar-refractivity contribution in [3.63, 3.8) is 0 Å². The molecule has 0 spiro atoms. The number of halogens is 2. The third-order valence-electron chi connectivity index (χ3n) is 5.86. The molecule has 1 atom stereocenters. The van der Waals surface area contributed by atoms with E-state index in [1.165, 1.54) is 17.0 Å². The molecule has 7 nitrogen and oxygen atoms in total. The second-order valence-electron chi connectivity index (χ2n) is 9.23. The number of anilines is 1. The fraction of sp³-hybridized carbons (Fsp3) is 0.286. The number of hydrogen-bond acceptors (Lipinski definition) is 4. The molecule has 0 aliphatic heterocycles. The summed E-state index contributed by atoms with van der Waals surface area (Å²) in [6.45, 7) is 5.54. The van der Waals surface area contributed by atoms with Crippen LogP contribution in [0.25, 0.3) is 0 Å². The van der Waals surface area contributed by atoms with Crippen molar-refractivity contribution in [2.75, 3.05) is 17.4 Å². The van der Waals surface area contributed by atoms with Crippen LogP contribution >= 0.6 is 27.5 Å². The molecule has 0 heterocycles. The van der Waals surface area contributed by atoms with E-state index in [2.05, 4.69) is 21.2 Å². The van der Waals surface area contributed by atoms with E-state index in [9.17, 15) is 18.0 Å². The summed E-state index contributed by atoms with van der Waals surface area (Å²) in [6.07, 6.45) is 0. The molecule has 2 amide bonds. The minimum atomic E-state index is -4.11. The van der Waals surface area contributed by atoms with Crippen LogP contribution in [0.15, 0.2) is 88.2 Å². The smallest absolute Gasteiger partial charge is 0.264 e. The molecule has 0 bridgehead atoms. The summed E-state index contributed by atoms with van der Waals surface area (Å²) in [5.41, 5.74) is 0.956. The van der Waals surface area contributed by atoms with E-state index in [-0.39, 0.29) is 23.3 Å². The first kappa shape index (κ1) is 29.7. The Labute approximate surface area is 238 Å². The summed E-state index contributed by atoms with van der Waals surface area (Å²) in [7, 11) is -4.11. The van der Waals surface area contributed by atoms with Crippen molar-refractivity contribution in [1.82, 2.24) is 10.2 Å². The summed E-state index contributed by atoms with van der Waals surface area (Å²) in [5.74, 6) is -0.655. The van der Waals surface area contributed by atoms with Crippen molar-refractivity contribution in [2.45, 2.75) is 38.3 Å². The highest BCUT2D eigenvalue weighted by Gasteiger charge is 2.32. The third-order valence-corrected chi connectivity index (χ3v) is 8.51. The maximum Gasteiger partial charge on any atom is 0.264 e. The molecule has 0 aliphatic rings. The molecule has 0 aliphatic carbocycles. The molecule has 1 N–H and O–H groups in total. The van der Waals surface area contributed by atoms with Gasteiger partial charge >= 0.3 is 0 Å². The Bertz CT molecular complexity index is 1370. The van der Waals surface area contributed by atoms with Crippen molar-refractivity contribution in [2.24, 2.45) is 5.92 Å². The zero-order valence-corrected chi connectivity index (χ0v) is 24.6. The van der Waals surface area contributed by atoms with Crippen LogP contribution in [0, 0.1) is 5.92 Å². The van der Waals surface area contributed by atoms with Gasteiger partial charge in [-0.2, -0.15) is 0 Å². The Kier molecular flexibility index (Phi) is 10.4. The van der Waals surface area contributed by atoms with Gasteiger partial charge in [-0.1, -0.05) is 83.8 Å². The first-order valence-corrected chi connectivity index (χ1v) is 14.8. The second-order valence-corrected chi connectivity index (χ2v) is 12.4. The van der Waals surface area contributed by atoms with E-state index < -0.39 is 28.5 Å². The molecule has 0 radical (unpaired) electrons. The van der Waals surface area contributed by atoms with Gasteiger partial charge in [0, 0.05) is 22.6 Å². The third kappa shape index (κ3) is 7.58. The molecular formula is C28H31BrClN3O4S. The normalized spacial score (nSPS) is 12.2. The lowest BCUT2D eigenvalue weighted by molar-refractivity contribution is -0.139. The van der Waals surface area contributed by atoms with Crippen LogP contribution in [0.5, 0.6) is 0 Å². The molecule has 3 aromatic rings. The van der Waals surface area contributed by atoms with Crippen molar-refractivity contribution in [3.8, 4) is 0 Å². The Balaban J connectivity index is 2.01. The molecule has 0 fully saturated rings. The fourth-order valence-electron chi connectivity index (χ4n) is 3.72. The lowest BCUT2D eigenvalue weighted by Gasteiger charge is -2.32. The molecule has 3 aromatic carbocycles. The van der Waals surface area contributed by atoms with Crippen LogP contribution in [-0.4, -0.2) is 44.3 Å². The van der Waals surface area contributed by atoms with Crippen molar-refractivity contribution in [3.05, 3.63) is 93.9 Å². The average Bonchev–Trinajstić information content (AvgIpc) is 2.89. The van der Waals surface area contributed by atoms with Crippen molar-refractivity contribution < 1.29 is 18.0 Å². The Hall–Kier alpha value is -2.88. The van der Waals surface area contributed by atoms with Crippen molar-refractivity contribution in [1.29, 1.82) is 0 Å². The number of rotatable bonds is 11. The van der Waals surface area contributed by atoms with Gasteiger partial charge in [0.25, 0.3) is 10.0 Å². The van der Waals surface area contributed by atoms with E-state index >= 15 is 0 Å². The summed E-state index contributed by atoms with van der Waals surface area (Å²) < 4.78 is 29.2. The molecule has 0 saturated heterocycles. The quantitative estimate of drug-likeness (QED) is 0.307. The predicted octanol–water partition coefficient (Wildman–Crippen LogP) is 5.49. The number of hydrogen-bond donors (Lipinski definition) is 1. The number of nitrogens with zero attached hydrogens (tertiary/aromatic N) is 2. The van der Waals surface area contributed by atoms with E-state index in [1.54, 1.807) is 73.7 Å². The molecule has 0 aromatic heterocycles. The summed E-state index contributed by atoms with van der Waals surface area (Å²) in [5, 5.41) is 3.31. The number of nitrogens with one attached hydrogen (secondary N) is 1. The van der Waals surface area contributed by atoms with Crippen LogP contribution in [0.4, 0.5) is 5.69 Å². The summed E-state index contributed by atoms with van der Waals surface area (Å²) >= 11 is 9.77. The highest BCUT2D eigenvalue weighted by Crippen LogP contribution is 2.27. The zero-order chi connectivity index (χ0) is 27.9. The SMILES string of the molecule is CC(C)CNC(=O)[C@@H](C)N(Cc1ccccc1Cl)C(=O)CN(c1cccc(Br)c1)S(=O)(=O)c1ccccc1. The standard InChI is InChI=1S/C28H31BrClN3O4S/c1-20(2)17-31-28(35)21(3)32(18-22-10-7-8-15-26(22)30)27(34)19-33(24-12-9-11-23(29)16-24)38(36,37)25-13-5-4-6-14-25/h4-16,20-21H,17-19H2,1-3H3,(H,31,35)/t21-/m1/s1. The maximum atomic E-state index is 13.9. The highest BCUT2D eigenvalue weighted by molar-refractivity contribution is 9.10. The largest absolute Gasteiger partial charge is 0.354 e. The topological polar surface area (TPSA) is 86.8 Å². The number of benzene rings is 3. The van der Waals surface area contributed by atoms with E-state index in [1.807, 2.05) is 13.8 Å². The van der Waals surface area contributed by atoms with E-state index in [0.717, 1.165) is 4.31 Å². The van der Waals surface area contributed by atoms with E-state index in [4.69, 9.17) is 11.6 Å². The van der Waals surface area contributed by atoms with Crippen LogP contribution in [0.2, 0.25) is 5.02 Å². The molecular weight excluding hydrogens is 590 g/mol. The number of sulfonamides is 1. The van der Waals surface area contributed by atoms with Gasteiger partial charge in [-0.05, 0) is 54.8 Å². The maximum absolute atomic E-state index is 13.9. The van der Waals surface area contributed by atoms with Gasteiger partial charge in [-0.25, -0.2) is 8.42 Å². The molecule has 0 unspecified atom stereocenters. The zero-order valence-electron chi connectivity index (χ0n) is 21.5. The van der Waals surface area contributed by atoms with Crippen LogP contribution < -0.4 is 9.62 Å². The predicted molar refractivity (Wildman–Crippen MR) is 154 cm³/mol. The average molecular weight is 621 g/mol. The Morgan fingerprint density at radius 2 is 1.61 bits per heavy atom. The van der Waals surface area contributed by atoms with Gasteiger partial charge in [-0.3, -0.25) is 13.9 Å². The van der Waals surface area contributed by atoms with Crippen LogP contribution in [0.3, 0.4) is 0 Å². The van der Waals surface area contributed by atoms with E-state index in [0.29, 0.717) is 27.3 Å². The lowest BCUT2D eigenvalue weighted by Crippen LogP contribution is -2.51. The second kappa shape index (κ2) is 13.3. The van der Waals surface area contributed by atoms with Gasteiger partial charge in [-0.15, -0.1) is 0 Å². The Morgan fingerprint density at radius 1 is 0.947 bits per heavy atom. The molecule has 3 rings (SSSR count). The van der Waals surface area contributed by atoms with Gasteiger partial charge in [0.1, 0.15) is 12.6 Å². The molecule has 0 saturated carbocycles. The minimum Gasteiger partial charge on any atom is -0.354 e. The first-order valence-electron chi connectivity index (χ1n) is 12.1.